The summed E-state index contributed by atoms with van der Waals surface area (Å²) in [6, 6.07) is 17.2. The van der Waals surface area contributed by atoms with Gasteiger partial charge in [0, 0.05) is 31.5 Å². The third kappa shape index (κ3) is 2.36. The number of methoxy groups -OCH3 is 1. The van der Waals surface area contributed by atoms with Crippen molar-refractivity contribution < 1.29 is 24.2 Å². The van der Waals surface area contributed by atoms with Gasteiger partial charge in [-0.15, -0.1) is 0 Å². The molecule has 7 nitrogen and oxygen atoms in total. The van der Waals surface area contributed by atoms with Crippen LogP contribution in [0.1, 0.15) is 5.56 Å². The Hall–Kier alpha value is -3.45. The van der Waals surface area contributed by atoms with Gasteiger partial charge in [0.1, 0.15) is 11.3 Å². The molecule has 0 bridgehead atoms. The Labute approximate surface area is 161 Å². The Balaban J connectivity index is 1.91. The van der Waals surface area contributed by atoms with Crippen LogP contribution in [0.4, 0.5) is 5.69 Å². The topological polar surface area (TPSA) is 87.2 Å². The van der Waals surface area contributed by atoms with Gasteiger partial charge in [-0.1, -0.05) is 48.5 Å². The van der Waals surface area contributed by atoms with Crippen molar-refractivity contribution in [2.24, 2.45) is 0 Å². The van der Waals surface area contributed by atoms with Crippen LogP contribution in [0.3, 0.4) is 0 Å². The summed E-state index contributed by atoms with van der Waals surface area (Å²) in [4.78, 5) is 41.5. The molecule has 1 atom stereocenters. The van der Waals surface area contributed by atoms with Crippen LogP contribution in [0.2, 0.25) is 0 Å². The highest BCUT2D eigenvalue weighted by atomic mass is 16.5. The van der Waals surface area contributed by atoms with Crippen molar-refractivity contribution in [3.63, 3.8) is 0 Å². The highest BCUT2D eigenvalue weighted by molar-refractivity contribution is 6.49. The van der Waals surface area contributed by atoms with Gasteiger partial charge in [-0.05, 0) is 12.1 Å². The lowest BCUT2D eigenvalue weighted by Crippen LogP contribution is -2.66. The number of aliphatic hydroxyl groups excluding tert-OH is 1. The monoisotopic (exact) mass is 378 g/mol. The van der Waals surface area contributed by atoms with Gasteiger partial charge in [0.15, 0.2) is 0 Å². The maximum atomic E-state index is 13.5. The number of piperazine rings is 1. The second-order valence-electron chi connectivity index (χ2n) is 6.52. The van der Waals surface area contributed by atoms with E-state index in [1.165, 1.54) is 12.0 Å². The second kappa shape index (κ2) is 6.61. The van der Waals surface area contributed by atoms with E-state index in [9.17, 15) is 19.5 Å². The number of ether oxygens (including phenoxy) is 1. The number of amides is 2. The molecule has 0 aromatic heterocycles. The van der Waals surface area contributed by atoms with Crippen LogP contribution in [0.25, 0.3) is 5.76 Å². The minimum absolute atomic E-state index is 0.102. The van der Waals surface area contributed by atoms with Crippen molar-refractivity contribution in [3.05, 3.63) is 71.8 Å². The van der Waals surface area contributed by atoms with Crippen LogP contribution in [-0.2, 0) is 19.1 Å². The van der Waals surface area contributed by atoms with E-state index in [0.29, 0.717) is 11.3 Å². The summed E-state index contributed by atoms with van der Waals surface area (Å²) in [5.74, 6) is -2.83. The van der Waals surface area contributed by atoms with Gasteiger partial charge in [-0.2, -0.15) is 0 Å². The molecule has 2 aromatic rings. The molecule has 2 fully saturated rings. The number of hydrogen-bond donors (Lipinski definition) is 1. The number of ketones is 1. The number of anilines is 1. The first-order valence-electron chi connectivity index (χ1n) is 8.80. The molecule has 0 saturated carbocycles. The largest absolute Gasteiger partial charge is 0.507 e. The molecule has 1 N–H and O–H groups in total. The second-order valence-corrected chi connectivity index (χ2v) is 6.52. The van der Waals surface area contributed by atoms with Crippen LogP contribution in [0, 0.1) is 0 Å². The predicted octanol–water partition coefficient (Wildman–Crippen LogP) is 1.76. The van der Waals surface area contributed by atoms with Gasteiger partial charge < -0.3 is 14.7 Å². The van der Waals surface area contributed by atoms with Crippen LogP contribution < -0.4 is 4.90 Å². The molecule has 28 heavy (non-hydrogen) atoms. The van der Waals surface area contributed by atoms with E-state index in [-0.39, 0.29) is 18.7 Å². The summed E-state index contributed by atoms with van der Waals surface area (Å²) in [6.07, 6.45) is 0. The van der Waals surface area contributed by atoms with Crippen molar-refractivity contribution in [2.75, 3.05) is 25.1 Å². The van der Waals surface area contributed by atoms with Crippen LogP contribution in [-0.4, -0.2) is 53.5 Å². The van der Waals surface area contributed by atoms with E-state index in [2.05, 4.69) is 0 Å². The van der Waals surface area contributed by atoms with E-state index >= 15 is 0 Å². The number of Topliss-reactive ketones (excluding diaryl/α,β-unsaturated/α-hetero) is 1. The van der Waals surface area contributed by atoms with Gasteiger partial charge in [0.05, 0.1) is 0 Å². The van der Waals surface area contributed by atoms with Crippen LogP contribution >= 0.6 is 0 Å². The van der Waals surface area contributed by atoms with E-state index < -0.39 is 29.1 Å². The number of aliphatic hydroxyl groups is 1. The first kappa shape index (κ1) is 17.9. The molecule has 1 unspecified atom stereocenters. The smallest absolute Gasteiger partial charge is 0.297 e. The average Bonchev–Trinajstić information content (AvgIpc) is 2.97. The van der Waals surface area contributed by atoms with E-state index in [1.807, 2.05) is 6.07 Å². The number of rotatable bonds is 3. The van der Waals surface area contributed by atoms with E-state index in [1.54, 1.807) is 54.6 Å². The van der Waals surface area contributed by atoms with Crippen LogP contribution in [0.5, 0.6) is 0 Å². The fourth-order valence-electron chi connectivity index (χ4n) is 3.79. The zero-order chi connectivity index (χ0) is 19.9. The quantitative estimate of drug-likeness (QED) is 0.500. The normalized spacial score (nSPS) is 23.8. The van der Waals surface area contributed by atoms with Crippen LogP contribution in [0.15, 0.2) is 66.2 Å². The van der Waals surface area contributed by atoms with Gasteiger partial charge in [-0.25, -0.2) is 0 Å². The van der Waals surface area contributed by atoms with Crippen molar-refractivity contribution in [3.8, 4) is 0 Å². The predicted molar refractivity (Wildman–Crippen MR) is 101 cm³/mol. The van der Waals surface area contributed by atoms with E-state index in [0.717, 1.165) is 4.90 Å². The van der Waals surface area contributed by atoms with Gasteiger partial charge in [0.25, 0.3) is 23.3 Å². The van der Waals surface area contributed by atoms with Crippen molar-refractivity contribution in [1.29, 1.82) is 0 Å². The third-order valence-electron chi connectivity index (χ3n) is 5.11. The summed E-state index contributed by atoms with van der Waals surface area (Å²) in [7, 11) is 1.25. The Morgan fingerprint density at radius 3 is 2.18 bits per heavy atom. The lowest BCUT2D eigenvalue weighted by atomic mass is 9.94. The molecule has 2 saturated heterocycles. The first-order chi connectivity index (χ1) is 13.5. The molecular formula is C21H18N2O5. The molecule has 0 aliphatic carbocycles. The van der Waals surface area contributed by atoms with Crippen molar-refractivity contribution >= 4 is 29.0 Å². The van der Waals surface area contributed by atoms with Gasteiger partial charge in [-0.3, -0.25) is 19.3 Å². The standard InChI is InChI=1S/C21H18N2O5/c1-28-21-16(17(24)14-8-4-2-5-9-14)18(25)19(26)23(21)13-12-22(20(21)27)15-10-6-3-7-11-15/h2-11,24H,12-13H2,1H3/b17-16-. The third-order valence-corrected chi connectivity index (χ3v) is 5.11. The summed E-state index contributed by atoms with van der Waals surface area (Å²) in [5, 5.41) is 10.8. The molecule has 142 valence electrons. The SMILES string of the molecule is COC12C(=O)N(c3ccccc3)CCN1C(=O)C(=O)/C2=C(/O)c1ccccc1. The average molecular weight is 378 g/mol. The molecule has 2 aliphatic heterocycles. The maximum absolute atomic E-state index is 13.5. The molecule has 4 rings (SSSR count). The Morgan fingerprint density at radius 2 is 1.57 bits per heavy atom. The number of fused-ring (bicyclic) bond motifs is 1. The highest BCUT2D eigenvalue weighted by Crippen LogP contribution is 2.42. The van der Waals surface area contributed by atoms with E-state index in [4.69, 9.17) is 4.74 Å². The molecule has 0 spiro atoms. The Kier molecular flexibility index (Phi) is 4.24. The Bertz CT molecular complexity index is 986. The van der Waals surface area contributed by atoms with Crippen molar-refractivity contribution in [2.45, 2.75) is 5.72 Å². The molecular weight excluding hydrogens is 360 g/mol. The first-order valence-corrected chi connectivity index (χ1v) is 8.80. The molecule has 2 aliphatic rings. The summed E-state index contributed by atoms with van der Waals surface area (Å²) in [5.41, 5.74) is -1.41. The lowest BCUT2D eigenvalue weighted by molar-refractivity contribution is -0.167. The molecule has 7 heteroatoms. The molecule has 0 radical (unpaired) electrons. The minimum atomic E-state index is -2.00. The number of para-hydroxylation sites is 1. The van der Waals surface area contributed by atoms with Gasteiger partial charge >= 0.3 is 0 Å². The molecule has 2 aromatic carbocycles. The molecule has 2 amide bonds. The minimum Gasteiger partial charge on any atom is -0.507 e. The maximum Gasteiger partial charge on any atom is 0.297 e. The number of hydrogen-bond acceptors (Lipinski definition) is 5. The summed E-state index contributed by atoms with van der Waals surface area (Å²) < 4.78 is 5.54. The fraction of sp³-hybridized carbons (Fsp3) is 0.190. The zero-order valence-electron chi connectivity index (χ0n) is 15.2. The fourth-order valence-corrected chi connectivity index (χ4v) is 3.79. The summed E-state index contributed by atoms with van der Waals surface area (Å²) >= 11 is 0. The number of carbonyl (C=O) groups excluding carboxylic acids is 3. The summed E-state index contributed by atoms with van der Waals surface area (Å²) in [6.45, 7) is 0.316. The van der Waals surface area contributed by atoms with Gasteiger partial charge in [0.2, 0.25) is 0 Å². The number of nitrogens with zero attached hydrogens (tertiary/aromatic N) is 2. The Morgan fingerprint density at radius 1 is 0.964 bits per heavy atom. The number of carbonyl (C=O) groups is 3. The molecule has 2 heterocycles. The lowest BCUT2D eigenvalue weighted by Gasteiger charge is -2.44. The number of benzene rings is 2. The highest BCUT2D eigenvalue weighted by Gasteiger charge is 2.65. The zero-order valence-corrected chi connectivity index (χ0v) is 15.2. The van der Waals surface area contributed by atoms with Crippen molar-refractivity contribution in [1.82, 2.24) is 4.90 Å².